The highest BCUT2D eigenvalue weighted by molar-refractivity contribution is 9.10. The van der Waals surface area contributed by atoms with Gasteiger partial charge in [0, 0.05) is 18.1 Å². The molecule has 0 aliphatic rings. The summed E-state index contributed by atoms with van der Waals surface area (Å²) in [6.07, 6.45) is 0. The molecular weight excluding hydrogens is 268 g/mol. The smallest absolute Gasteiger partial charge is 0.142 e. The molecule has 0 aliphatic carbocycles. The van der Waals surface area contributed by atoms with Gasteiger partial charge in [0.15, 0.2) is 0 Å². The van der Waals surface area contributed by atoms with Crippen LogP contribution in [0.3, 0.4) is 0 Å². The van der Waals surface area contributed by atoms with E-state index in [0.717, 1.165) is 22.5 Å². The minimum atomic E-state index is 0.466. The third-order valence-electron chi connectivity index (χ3n) is 2.54. The van der Waals surface area contributed by atoms with Crippen LogP contribution in [-0.4, -0.2) is 27.2 Å². The van der Waals surface area contributed by atoms with E-state index in [1.54, 1.807) is 7.11 Å². The van der Waals surface area contributed by atoms with Crippen LogP contribution >= 0.6 is 15.9 Å². The molecule has 0 amide bonds. The topological polar surface area (TPSA) is 38.5 Å². The van der Waals surface area contributed by atoms with Gasteiger partial charge < -0.3 is 15.4 Å². The second-order valence-corrected chi connectivity index (χ2v) is 4.95. The lowest BCUT2D eigenvalue weighted by Gasteiger charge is -2.24. The highest BCUT2D eigenvalue weighted by Crippen LogP contribution is 2.30. The van der Waals surface area contributed by atoms with Crippen LogP contribution in [0.25, 0.3) is 0 Å². The Kier molecular flexibility index (Phi) is 5.09. The molecule has 3 nitrogen and oxygen atoms in total. The first-order chi connectivity index (χ1) is 7.58. The molecule has 4 heteroatoms. The molecule has 0 aliphatic heterocycles. The summed E-state index contributed by atoms with van der Waals surface area (Å²) in [7, 11) is 3.74. The Hall–Kier alpha value is -0.740. The fourth-order valence-electron chi connectivity index (χ4n) is 1.60. The second kappa shape index (κ2) is 6.11. The van der Waals surface area contributed by atoms with Crippen molar-refractivity contribution in [2.24, 2.45) is 11.7 Å². The molecular formula is C12H19BrN2O. The lowest BCUT2D eigenvalue weighted by Crippen LogP contribution is -2.28. The first-order valence-corrected chi connectivity index (χ1v) is 6.12. The monoisotopic (exact) mass is 286 g/mol. The maximum absolute atomic E-state index is 5.63. The van der Waals surface area contributed by atoms with E-state index in [4.69, 9.17) is 10.5 Å². The van der Waals surface area contributed by atoms with Gasteiger partial charge in [0.1, 0.15) is 5.75 Å². The van der Waals surface area contributed by atoms with Gasteiger partial charge in [0.25, 0.3) is 0 Å². The van der Waals surface area contributed by atoms with Crippen molar-refractivity contribution in [3.05, 3.63) is 22.7 Å². The minimum absolute atomic E-state index is 0.466. The Labute approximate surface area is 106 Å². The Morgan fingerprint density at radius 1 is 1.50 bits per heavy atom. The minimum Gasteiger partial charge on any atom is -0.495 e. The maximum Gasteiger partial charge on any atom is 0.142 e. The molecule has 0 bridgehead atoms. The molecule has 2 N–H and O–H groups in total. The summed E-state index contributed by atoms with van der Waals surface area (Å²) >= 11 is 3.47. The summed E-state index contributed by atoms with van der Waals surface area (Å²) in [6, 6.07) is 5.99. The molecule has 0 fully saturated rings. The molecule has 1 atom stereocenters. The summed E-state index contributed by atoms with van der Waals surface area (Å²) in [5, 5.41) is 0. The van der Waals surface area contributed by atoms with Crippen LogP contribution in [0.2, 0.25) is 0 Å². The van der Waals surface area contributed by atoms with E-state index < -0.39 is 0 Å². The molecule has 1 unspecified atom stereocenters. The van der Waals surface area contributed by atoms with Gasteiger partial charge in [0.2, 0.25) is 0 Å². The van der Waals surface area contributed by atoms with Gasteiger partial charge in [-0.1, -0.05) is 22.9 Å². The SMILES string of the molecule is COc1ccc(Br)cc1N(C)CC(C)CN. The number of halogens is 1. The molecule has 0 heterocycles. The van der Waals surface area contributed by atoms with Gasteiger partial charge in [-0.2, -0.15) is 0 Å². The van der Waals surface area contributed by atoms with Crippen molar-refractivity contribution in [1.82, 2.24) is 0 Å². The van der Waals surface area contributed by atoms with Gasteiger partial charge in [-0.3, -0.25) is 0 Å². The Morgan fingerprint density at radius 3 is 2.75 bits per heavy atom. The molecule has 90 valence electrons. The number of ether oxygens (including phenoxy) is 1. The number of nitrogens with zero attached hydrogens (tertiary/aromatic N) is 1. The van der Waals surface area contributed by atoms with Gasteiger partial charge in [-0.15, -0.1) is 0 Å². The second-order valence-electron chi connectivity index (χ2n) is 4.04. The number of hydrogen-bond acceptors (Lipinski definition) is 3. The average Bonchev–Trinajstić information content (AvgIpc) is 2.28. The number of rotatable bonds is 5. The Bertz CT molecular complexity index is 344. The van der Waals surface area contributed by atoms with Crippen LogP contribution in [0.4, 0.5) is 5.69 Å². The van der Waals surface area contributed by atoms with Crippen molar-refractivity contribution < 1.29 is 4.74 Å². The number of hydrogen-bond donors (Lipinski definition) is 1. The van der Waals surface area contributed by atoms with Crippen LogP contribution in [0.5, 0.6) is 5.75 Å². The molecule has 16 heavy (non-hydrogen) atoms. The number of anilines is 1. The summed E-state index contributed by atoms with van der Waals surface area (Å²) in [5.41, 5.74) is 6.71. The summed E-state index contributed by atoms with van der Waals surface area (Å²) < 4.78 is 6.39. The lowest BCUT2D eigenvalue weighted by molar-refractivity contribution is 0.414. The lowest BCUT2D eigenvalue weighted by atomic mass is 10.1. The zero-order chi connectivity index (χ0) is 12.1. The quantitative estimate of drug-likeness (QED) is 0.904. The molecule has 1 aromatic carbocycles. The summed E-state index contributed by atoms with van der Waals surface area (Å²) in [4.78, 5) is 2.17. The third kappa shape index (κ3) is 3.39. The van der Waals surface area contributed by atoms with Crippen molar-refractivity contribution >= 4 is 21.6 Å². The van der Waals surface area contributed by atoms with E-state index in [-0.39, 0.29) is 0 Å². The average molecular weight is 287 g/mol. The standard InChI is InChI=1S/C12H19BrN2O/c1-9(7-14)8-15(2)11-6-10(13)4-5-12(11)16-3/h4-6,9H,7-8,14H2,1-3H3. The predicted molar refractivity (Wildman–Crippen MR) is 72.2 cm³/mol. The van der Waals surface area contributed by atoms with Crippen molar-refractivity contribution in [2.75, 3.05) is 32.1 Å². The summed E-state index contributed by atoms with van der Waals surface area (Å²) in [5.74, 6) is 1.35. The van der Waals surface area contributed by atoms with Crippen molar-refractivity contribution in [3.8, 4) is 5.75 Å². The highest BCUT2D eigenvalue weighted by atomic mass is 79.9. The molecule has 0 radical (unpaired) electrons. The normalized spacial score (nSPS) is 12.3. The third-order valence-corrected chi connectivity index (χ3v) is 3.03. The molecule has 1 aromatic rings. The molecule has 0 aromatic heterocycles. The van der Waals surface area contributed by atoms with Crippen LogP contribution in [0, 0.1) is 5.92 Å². The highest BCUT2D eigenvalue weighted by Gasteiger charge is 2.11. The number of methoxy groups -OCH3 is 1. The van der Waals surface area contributed by atoms with Crippen LogP contribution in [0.1, 0.15) is 6.92 Å². The first kappa shape index (κ1) is 13.3. The molecule has 0 saturated heterocycles. The number of nitrogens with two attached hydrogens (primary N) is 1. The Balaban J connectivity index is 2.88. The van der Waals surface area contributed by atoms with E-state index >= 15 is 0 Å². The maximum atomic E-state index is 5.63. The van der Waals surface area contributed by atoms with E-state index in [2.05, 4.69) is 40.9 Å². The molecule has 1 rings (SSSR count). The zero-order valence-electron chi connectivity index (χ0n) is 10.0. The van der Waals surface area contributed by atoms with Gasteiger partial charge in [0.05, 0.1) is 12.8 Å². The van der Waals surface area contributed by atoms with Crippen molar-refractivity contribution in [1.29, 1.82) is 0 Å². The van der Waals surface area contributed by atoms with Crippen molar-refractivity contribution in [2.45, 2.75) is 6.92 Å². The van der Waals surface area contributed by atoms with E-state index in [1.807, 2.05) is 12.1 Å². The van der Waals surface area contributed by atoms with Crippen molar-refractivity contribution in [3.63, 3.8) is 0 Å². The van der Waals surface area contributed by atoms with Gasteiger partial charge in [-0.25, -0.2) is 0 Å². The van der Waals surface area contributed by atoms with E-state index in [1.165, 1.54) is 0 Å². The largest absolute Gasteiger partial charge is 0.495 e. The summed E-state index contributed by atoms with van der Waals surface area (Å²) in [6.45, 7) is 3.75. The number of benzene rings is 1. The van der Waals surface area contributed by atoms with Crippen LogP contribution < -0.4 is 15.4 Å². The fraction of sp³-hybridized carbons (Fsp3) is 0.500. The zero-order valence-corrected chi connectivity index (χ0v) is 11.6. The van der Waals surface area contributed by atoms with Gasteiger partial charge >= 0.3 is 0 Å². The molecule has 0 saturated carbocycles. The predicted octanol–water partition coefficient (Wildman–Crippen LogP) is 2.49. The molecule has 0 spiro atoms. The van der Waals surface area contributed by atoms with Gasteiger partial charge in [-0.05, 0) is 30.7 Å². The van der Waals surface area contributed by atoms with Crippen LogP contribution in [-0.2, 0) is 0 Å². The Morgan fingerprint density at radius 2 is 2.19 bits per heavy atom. The van der Waals surface area contributed by atoms with E-state index in [0.29, 0.717) is 12.5 Å². The van der Waals surface area contributed by atoms with Crippen LogP contribution in [0.15, 0.2) is 22.7 Å². The first-order valence-electron chi connectivity index (χ1n) is 5.33. The fourth-order valence-corrected chi connectivity index (χ4v) is 1.95. The van der Waals surface area contributed by atoms with E-state index in [9.17, 15) is 0 Å².